The van der Waals surface area contributed by atoms with E-state index in [0.29, 0.717) is 5.91 Å². The molecule has 0 N–H and O–H groups in total. The number of hydrogen-bond donors (Lipinski definition) is 0. The first-order valence-corrected chi connectivity index (χ1v) is 13.1. The van der Waals surface area contributed by atoms with Crippen LogP contribution >= 0.6 is 11.3 Å². The van der Waals surface area contributed by atoms with Gasteiger partial charge in [0.1, 0.15) is 0 Å². The first kappa shape index (κ1) is 23.3. The Bertz CT molecular complexity index is 1070. The molecule has 2 aliphatic rings. The lowest BCUT2D eigenvalue weighted by molar-refractivity contribution is -0.138. The fourth-order valence-corrected chi connectivity index (χ4v) is 5.72. The second-order valence-electron chi connectivity index (χ2n) is 9.84. The highest BCUT2D eigenvalue weighted by Crippen LogP contribution is 2.30. The molecule has 1 aromatic carbocycles. The van der Waals surface area contributed by atoms with Crippen LogP contribution in [0.5, 0.6) is 0 Å². The second-order valence-corrected chi connectivity index (χ2v) is 10.8. The van der Waals surface area contributed by atoms with E-state index in [1.165, 1.54) is 5.56 Å². The number of aryl methyl sites for hydroxylation is 1. The molecule has 2 fully saturated rings. The van der Waals surface area contributed by atoms with E-state index in [0.717, 1.165) is 86.5 Å². The van der Waals surface area contributed by atoms with Crippen LogP contribution in [0.15, 0.2) is 30.5 Å². The Balaban J connectivity index is 1.13. The minimum Gasteiger partial charge on any atom is -0.347 e. The van der Waals surface area contributed by atoms with Crippen molar-refractivity contribution in [2.45, 2.75) is 19.8 Å². The summed E-state index contributed by atoms with van der Waals surface area (Å²) in [5, 5.41) is 5.79. The summed E-state index contributed by atoms with van der Waals surface area (Å²) in [5.41, 5.74) is 3.31. The summed E-state index contributed by atoms with van der Waals surface area (Å²) in [5.74, 6) is 0.491. The van der Waals surface area contributed by atoms with Gasteiger partial charge in [0.25, 0.3) is 0 Å². The summed E-state index contributed by atoms with van der Waals surface area (Å²) in [6.07, 6.45) is 3.81. The highest BCUT2D eigenvalue weighted by Gasteiger charge is 2.31. The number of imidazole rings is 1. The molecule has 9 heteroatoms. The molecule has 0 radical (unpaired) electrons. The molecule has 34 heavy (non-hydrogen) atoms. The van der Waals surface area contributed by atoms with E-state index in [-0.39, 0.29) is 5.92 Å². The molecule has 182 valence electrons. The number of anilines is 1. The molecular weight excluding hydrogens is 446 g/mol. The van der Waals surface area contributed by atoms with Gasteiger partial charge in [-0.3, -0.25) is 9.69 Å². The van der Waals surface area contributed by atoms with Crippen molar-refractivity contribution >= 4 is 27.3 Å². The van der Waals surface area contributed by atoms with Gasteiger partial charge in [-0.25, -0.2) is 9.50 Å². The highest BCUT2D eigenvalue weighted by atomic mass is 32.1. The van der Waals surface area contributed by atoms with Crippen molar-refractivity contribution in [3.63, 3.8) is 0 Å². The fourth-order valence-electron chi connectivity index (χ4n) is 4.79. The molecule has 0 saturated carbocycles. The van der Waals surface area contributed by atoms with Crippen LogP contribution < -0.4 is 4.90 Å². The molecule has 5 rings (SSSR count). The molecule has 2 saturated heterocycles. The van der Waals surface area contributed by atoms with Gasteiger partial charge in [-0.1, -0.05) is 41.2 Å². The zero-order valence-corrected chi connectivity index (χ0v) is 21.3. The number of fused-ring (bicyclic) bond motifs is 1. The molecule has 4 heterocycles. The van der Waals surface area contributed by atoms with Gasteiger partial charge in [0.05, 0.1) is 11.9 Å². The van der Waals surface area contributed by atoms with Gasteiger partial charge in [-0.2, -0.15) is 0 Å². The Morgan fingerprint density at radius 3 is 2.41 bits per heavy atom. The van der Waals surface area contributed by atoms with Crippen molar-refractivity contribution in [3.8, 4) is 11.3 Å². The Kier molecular flexibility index (Phi) is 6.85. The van der Waals surface area contributed by atoms with Crippen molar-refractivity contribution in [1.29, 1.82) is 0 Å². The lowest BCUT2D eigenvalue weighted by Crippen LogP contribution is -2.52. The number of aromatic nitrogens is 3. The molecule has 0 aliphatic carbocycles. The number of piperidine rings is 1. The smallest absolute Gasteiger partial charge is 0.225 e. The van der Waals surface area contributed by atoms with Crippen LogP contribution in [-0.4, -0.2) is 102 Å². The Hall–Kier alpha value is -2.49. The molecule has 0 bridgehead atoms. The third kappa shape index (κ3) is 5.11. The zero-order valence-electron chi connectivity index (χ0n) is 20.5. The SMILES string of the molecule is Cc1ccc(-c2cn3nc(N4CCC(C(=O)N5CCN(CCN(C)C)CC5)CC4)sc3n2)cc1. The largest absolute Gasteiger partial charge is 0.347 e. The van der Waals surface area contributed by atoms with E-state index in [1.54, 1.807) is 11.3 Å². The summed E-state index contributed by atoms with van der Waals surface area (Å²) in [4.78, 5) is 27.9. The number of likely N-dealkylation sites (N-methyl/N-ethyl adjacent to an activating group) is 1. The first-order valence-electron chi connectivity index (χ1n) is 12.3. The predicted molar refractivity (Wildman–Crippen MR) is 138 cm³/mol. The van der Waals surface area contributed by atoms with Gasteiger partial charge in [0.15, 0.2) is 0 Å². The van der Waals surface area contributed by atoms with E-state index in [9.17, 15) is 4.79 Å². The molecule has 3 aromatic rings. The number of carbonyl (C=O) groups excluding carboxylic acids is 1. The number of benzene rings is 1. The number of piperazine rings is 1. The van der Waals surface area contributed by atoms with E-state index in [2.05, 4.69) is 64.9 Å². The molecule has 0 spiro atoms. The van der Waals surface area contributed by atoms with Crippen LogP contribution in [0.1, 0.15) is 18.4 Å². The number of carbonyl (C=O) groups is 1. The molecule has 0 atom stereocenters. The maximum atomic E-state index is 13.1. The average Bonchev–Trinajstić information content (AvgIpc) is 3.43. The quantitative estimate of drug-likeness (QED) is 0.540. The highest BCUT2D eigenvalue weighted by molar-refractivity contribution is 7.20. The van der Waals surface area contributed by atoms with Crippen molar-refractivity contribution in [2.75, 3.05) is 71.4 Å². The van der Waals surface area contributed by atoms with Crippen LogP contribution in [0.4, 0.5) is 5.13 Å². The van der Waals surface area contributed by atoms with Crippen LogP contribution in [0.2, 0.25) is 0 Å². The van der Waals surface area contributed by atoms with Crippen LogP contribution in [0.3, 0.4) is 0 Å². The van der Waals surface area contributed by atoms with Crippen molar-refractivity contribution in [2.24, 2.45) is 5.92 Å². The normalized spacial score (nSPS) is 18.4. The van der Waals surface area contributed by atoms with Gasteiger partial charge < -0.3 is 14.7 Å². The van der Waals surface area contributed by atoms with Gasteiger partial charge in [-0.15, -0.1) is 5.10 Å². The predicted octanol–water partition coefficient (Wildman–Crippen LogP) is 2.69. The Morgan fingerprint density at radius 2 is 1.76 bits per heavy atom. The van der Waals surface area contributed by atoms with E-state index in [1.807, 2.05) is 10.7 Å². The van der Waals surface area contributed by atoms with Crippen LogP contribution in [0.25, 0.3) is 16.2 Å². The zero-order chi connectivity index (χ0) is 23.7. The lowest BCUT2D eigenvalue weighted by Gasteiger charge is -2.38. The van der Waals surface area contributed by atoms with E-state index in [4.69, 9.17) is 10.1 Å². The monoisotopic (exact) mass is 481 g/mol. The number of hydrogen-bond acceptors (Lipinski definition) is 7. The summed E-state index contributed by atoms with van der Waals surface area (Å²) in [7, 11) is 4.22. The minimum atomic E-state index is 0.141. The number of nitrogens with zero attached hydrogens (tertiary/aromatic N) is 7. The maximum absolute atomic E-state index is 13.1. The topological polar surface area (TPSA) is 60.2 Å². The first-order chi connectivity index (χ1) is 16.5. The number of rotatable bonds is 6. The summed E-state index contributed by atoms with van der Waals surface area (Å²) in [6, 6.07) is 8.43. The van der Waals surface area contributed by atoms with E-state index >= 15 is 0 Å². The van der Waals surface area contributed by atoms with Crippen LogP contribution in [-0.2, 0) is 4.79 Å². The number of amides is 1. The average molecular weight is 482 g/mol. The maximum Gasteiger partial charge on any atom is 0.225 e. The van der Waals surface area contributed by atoms with Gasteiger partial charge in [0, 0.05) is 63.8 Å². The van der Waals surface area contributed by atoms with Gasteiger partial charge >= 0.3 is 0 Å². The Morgan fingerprint density at radius 1 is 1.06 bits per heavy atom. The van der Waals surface area contributed by atoms with Crippen molar-refractivity contribution in [1.82, 2.24) is 29.3 Å². The standard InChI is InChI=1S/C25H35N7OS/c1-19-4-6-20(7-5-19)22-18-32-24(26-22)34-25(27-32)31-10-8-21(9-11-31)23(33)30-16-14-29(15-17-30)13-12-28(2)3/h4-7,18,21H,8-17H2,1-3H3. The van der Waals surface area contributed by atoms with Crippen molar-refractivity contribution in [3.05, 3.63) is 36.0 Å². The van der Waals surface area contributed by atoms with Gasteiger partial charge in [-0.05, 0) is 33.9 Å². The fraction of sp³-hybridized carbons (Fsp3) is 0.560. The Labute approximate surface area is 205 Å². The summed E-state index contributed by atoms with van der Waals surface area (Å²) in [6.45, 7) is 9.69. The molecule has 1 amide bonds. The molecule has 8 nitrogen and oxygen atoms in total. The summed E-state index contributed by atoms with van der Waals surface area (Å²) >= 11 is 1.63. The third-order valence-electron chi connectivity index (χ3n) is 7.04. The minimum absolute atomic E-state index is 0.141. The van der Waals surface area contributed by atoms with E-state index < -0.39 is 0 Å². The summed E-state index contributed by atoms with van der Waals surface area (Å²) < 4.78 is 1.89. The van der Waals surface area contributed by atoms with Gasteiger partial charge in [0.2, 0.25) is 16.0 Å². The second kappa shape index (κ2) is 10.0. The van der Waals surface area contributed by atoms with Crippen molar-refractivity contribution < 1.29 is 4.79 Å². The molecule has 2 aromatic heterocycles. The van der Waals surface area contributed by atoms with Crippen LogP contribution in [0, 0.1) is 12.8 Å². The molecule has 0 unspecified atom stereocenters. The third-order valence-corrected chi connectivity index (χ3v) is 8.03. The molecule has 2 aliphatic heterocycles. The molecular formula is C25H35N7OS. The lowest BCUT2D eigenvalue weighted by atomic mass is 9.95.